The van der Waals surface area contributed by atoms with Gasteiger partial charge in [-0.2, -0.15) is 0 Å². The topological polar surface area (TPSA) is 54.5 Å². The Hall–Kier alpha value is -1.37. The molecule has 1 aliphatic rings. The van der Waals surface area contributed by atoms with Crippen LogP contribution in [-0.4, -0.2) is 38.1 Å². The molecule has 0 spiro atoms. The van der Waals surface area contributed by atoms with Gasteiger partial charge < -0.3 is 4.90 Å². The van der Waals surface area contributed by atoms with E-state index < -0.39 is 15.1 Å². The summed E-state index contributed by atoms with van der Waals surface area (Å²) in [7, 11) is -3.35. The molecule has 1 aromatic carbocycles. The van der Waals surface area contributed by atoms with E-state index >= 15 is 0 Å². The van der Waals surface area contributed by atoms with Gasteiger partial charge in [-0.3, -0.25) is 4.79 Å². The second-order valence-corrected chi connectivity index (χ2v) is 9.57. The van der Waals surface area contributed by atoms with Gasteiger partial charge in [-0.1, -0.05) is 29.8 Å². The zero-order chi connectivity index (χ0) is 17.3. The van der Waals surface area contributed by atoms with E-state index in [-0.39, 0.29) is 18.2 Å². The van der Waals surface area contributed by atoms with E-state index in [1.54, 1.807) is 29.2 Å². The van der Waals surface area contributed by atoms with Crippen LogP contribution in [0.15, 0.2) is 35.7 Å². The number of nitrogens with zero attached hydrogens (tertiary/aromatic N) is 1. The third-order valence-electron chi connectivity index (χ3n) is 4.22. The van der Waals surface area contributed by atoms with Gasteiger partial charge in [0.25, 0.3) is 5.91 Å². The van der Waals surface area contributed by atoms with Crippen LogP contribution in [0, 0.1) is 6.92 Å². The summed E-state index contributed by atoms with van der Waals surface area (Å²) in [5.41, 5.74) is 1.67. The first-order valence-corrected chi connectivity index (χ1v) is 10.7. The van der Waals surface area contributed by atoms with Gasteiger partial charge in [0, 0.05) is 18.1 Å². The molecule has 0 bridgehead atoms. The van der Waals surface area contributed by atoms with Crippen LogP contribution in [-0.2, 0) is 9.84 Å². The maximum Gasteiger partial charge on any atom is 0.263 e. The quantitative estimate of drug-likeness (QED) is 0.794. The zero-order valence-electron chi connectivity index (χ0n) is 13.2. The highest BCUT2D eigenvalue weighted by atomic mass is 35.5. The number of thiophene rings is 1. The molecule has 128 valence electrons. The molecule has 1 fully saturated rings. The second kappa shape index (κ2) is 6.86. The number of amides is 1. The fourth-order valence-corrected chi connectivity index (χ4v) is 5.94. The number of rotatable bonds is 2. The van der Waals surface area contributed by atoms with Crippen LogP contribution in [0.2, 0.25) is 5.02 Å². The van der Waals surface area contributed by atoms with Gasteiger partial charge in [-0.25, -0.2) is 8.42 Å². The molecule has 2 heterocycles. The molecule has 1 aromatic heterocycles. The second-order valence-electron chi connectivity index (χ2n) is 5.95. The molecule has 7 heteroatoms. The Morgan fingerprint density at radius 2 is 2.04 bits per heavy atom. The van der Waals surface area contributed by atoms with Crippen molar-refractivity contribution in [2.75, 3.05) is 18.8 Å². The molecule has 1 aliphatic heterocycles. The summed E-state index contributed by atoms with van der Waals surface area (Å²) < 4.78 is 25.3. The summed E-state index contributed by atoms with van der Waals surface area (Å²) >= 11 is 7.59. The Balaban J connectivity index is 1.85. The van der Waals surface area contributed by atoms with Crippen LogP contribution in [0.4, 0.5) is 0 Å². The van der Waals surface area contributed by atoms with Crippen molar-refractivity contribution in [2.24, 2.45) is 0 Å². The first-order chi connectivity index (χ1) is 11.4. The van der Waals surface area contributed by atoms with Crippen molar-refractivity contribution >= 4 is 38.7 Å². The normalized spacial score (nSPS) is 20.6. The summed E-state index contributed by atoms with van der Waals surface area (Å²) in [6, 6.07) is 8.88. The Morgan fingerprint density at radius 3 is 2.71 bits per heavy atom. The highest BCUT2D eigenvalue weighted by molar-refractivity contribution is 7.91. The molecule has 0 radical (unpaired) electrons. The highest BCUT2D eigenvalue weighted by Gasteiger charge is 2.34. The van der Waals surface area contributed by atoms with Crippen molar-refractivity contribution in [3.05, 3.63) is 56.7 Å². The summed E-state index contributed by atoms with van der Waals surface area (Å²) in [5, 5.41) is 1.72. The molecule has 4 nitrogen and oxygen atoms in total. The van der Waals surface area contributed by atoms with Gasteiger partial charge in [0.05, 0.1) is 15.9 Å². The van der Waals surface area contributed by atoms with Crippen molar-refractivity contribution in [1.82, 2.24) is 4.90 Å². The highest BCUT2D eigenvalue weighted by Crippen LogP contribution is 2.34. The standard InChI is InChI=1S/C17H18ClNO3S2/c1-12-10-15(23-11-12)17(20)19-7-6-16(24(21,22)9-8-19)13-4-2-3-5-14(13)18/h2-5,10-11,16H,6-9H2,1H3/t16-/m1/s1. The van der Waals surface area contributed by atoms with Crippen molar-refractivity contribution in [1.29, 1.82) is 0 Å². The predicted molar refractivity (Wildman–Crippen MR) is 97.6 cm³/mol. The smallest absolute Gasteiger partial charge is 0.263 e. The van der Waals surface area contributed by atoms with E-state index in [0.717, 1.165) is 5.56 Å². The number of aryl methyl sites for hydroxylation is 1. The maximum atomic E-state index is 12.7. The lowest BCUT2D eigenvalue weighted by atomic mass is 10.1. The minimum absolute atomic E-state index is 0.0427. The number of halogens is 1. The number of carbonyl (C=O) groups is 1. The lowest BCUT2D eigenvalue weighted by Crippen LogP contribution is -2.33. The van der Waals surface area contributed by atoms with Crippen LogP contribution >= 0.6 is 22.9 Å². The number of hydrogen-bond donors (Lipinski definition) is 0. The summed E-state index contributed by atoms with van der Waals surface area (Å²) in [6.45, 7) is 2.57. The Labute approximate surface area is 151 Å². The first kappa shape index (κ1) is 17.5. The van der Waals surface area contributed by atoms with E-state index in [1.807, 2.05) is 18.4 Å². The minimum atomic E-state index is -3.35. The zero-order valence-corrected chi connectivity index (χ0v) is 15.6. The fraction of sp³-hybridized carbons (Fsp3) is 0.353. The number of hydrogen-bond acceptors (Lipinski definition) is 4. The molecule has 0 aliphatic carbocycles. The third kappa shape index (κ3) is 3.50. The van der Waals surface area contributed by atoms with Gasteiger partial charge in [0.1, 0.15) is 0 Å². The van der Waals surface area contributed by atoms with Gasteiger partial charge in [-0.15, -0.1) is 11.3 Å². The van der Waals surface area contributed by atoms with Gasteiger partial charge in [0.2, 0.25) is 0 Å². The average molecular weight is 384 g/mol. The molecule has 1 amide bonds. The van der Waals surface area contributed by atoms with Gasteiger partial charge >= 0.3 is 0 Å². The molecule has 2 aromatic rings. The molecule has 0 unspecified atom stereocenters. The lowest BCUT2D eigenvalue weighted by Gasteiger charge is -2.19. The van der Waals surface area contributed by atoms with Crippen LogP contribution < -0.4 is 0 Å². The van der Waals surface area contributed by atoms with Crippen LogP contribution in [0.25, 0.3) is 0 Å². The van der Waals surface area contributed by atoms with Crippen molar-refractivity contribution in [3.8, 4) is 0 Å². The third-order valence-corrected chi connectivity index (χ3v) is 7.71. The van der Waals surface area contributed by atoms with Crippen molar-refractivity contribution in [3.63, 3.8) is 0 Å². The fourth-order valence-electron chi connectivity index (χ4n) is 2.93. The van der Waals surface area contributed by atoms with Gasteiger partial charge in [0.15, 0.2) is 9.84 Å². The van der Waals surface area contributed by atoms with Gasteiger partial charge in [-0.05, 0) is 42.0 Å². The van der Waals surface area contributed by atoms with E-state index in [0.29, 0.717) is 28.4 Å². The Bertz CT molecular complexity index is 860. The van der Waals surface area contributed by atoms with Crippen LogP contribution in [0.3, 0.4) is 0 Å². The van der Waals surface area contributed by atoms with E-state index in [4.69, 9.17) is 11.6 Å². The molecule has 1 atom stereocenters. The molecule has 3 rings (SSSR count). The molecular weight excluding hydrogens is 366 g/mol. The van der Waals surface area contributed by atoms with E-state index in [2.05, 4.69) is 0 Å². The monoisotopic (exact) mass is 383 g/mol. The van der Waals surface area contributed by atoms with Crippen LogP contribution in [0.1, 0.15) is 32.5 Å². The van der Waals surface area contributed by atoms with E-state index in [1.165, 1.54) is 11.3 Å². The Morgan fingerprint density at radius 1 is 1.29 bits per heavy atom. The maximum absolute atomic E-state index is 12.7. The number of benzene rings is 1. The van der Waals surface area contributed by atoms with Crippen LogP contribution in [0.5, 0.6) is 0 Å². The van der Waals surface area contributed by atoms with Crippen molar-refractivity contribution < 1.29 is 13.2 Å². The molecule has 0 saturated carbocycles. The molecule has 1 saturated heterocycles. The molecule has 0 N–H and O–H groups in total. The lowest BCUT2D eigenvalue weighted by molar-refractivity contribution is 0.0771. The SMILES string of the molecule is Cc1csc(C(=O)N2CC[C@H](c3ccccc3Cl)S(=O)(=O)CC2)c1. The predicted octanol–water partition coefficient (Wildman–Crippen LogP) is 3.71. The summed E-state index contributed by atoms with van der Waals surface area (Å²) in [4.78, 5) is 14.9. The average Bonchev–Trinajstić information content (AvgIpc) is 2.90. The molecule has 24 heavy (non-hydrogen) atoms. The Kier molecular flexibility index (Phi) is 4.99. The summed E-state index contributed by atoms with van der Waals surface area (Å²) in [5.74, 6) is -0.137. The summed E-state index contributed by atoms with van der Waals surface area (Å²) in [6.07, 6.45) is 0.363. The molecular formula is C17H18ClNO3S2. The first-order valence-electron chi connectivity index (χ1n) is 7.69. The number of carbonyl (C=O) groups excluding carboxylic acids is 1. The largest absolute Gasteiger partial charge is 0.337 e. The minimum Gasteiger partial charge on any atom is -0.337 e. The number of sulfone groups is 1. The van der Waals surface area contributed by atoms with Crippen molar-refractivity contribution in [2.45, 2.75) is 18.6 Å². The van der Waals surface area contributed by atoms with E-state index in [9.17, 15) is 13.2 Å².